The van der Waals surface area contributed by atoms with Crippen LogP contribution in [0.2, 0.25) is 0 Å². The Morgan fingerprint density at radius 2 is 1.09 bits per heavy atom. The van der Waals surface area contributed by atoms with E-state index in [1.807, 2.05) is 0 Å². The predicted molar refractivity (Wildman–Crippen MR) is 97.3 cm³/mol. The summed E-state index contributed by atoms with van der Waals surface area (Å²) >= 11 is 0. The van der Waals surface area contributed by atoms with Crippen molar-refractivity contribution in [2.45, 2.75) is 115 Å². The zero-order valence-electron chi connectivity index (χ0n) is 15.2. The van der Waals surface area contributed by atoms with Crippen molar-refractivity contribution in [1.29, 1.82) is 0 Å². The molecule has 2 unspecified atom stereocenters. The summed E-state index contributed by atoms with van der Waals surface area (Å²) in [7, 11) is -3.94. The second-order valence-corrected chi connectivity index (χ2v) is 8.47. The van der Waals surface area contributed by atoms with Gasteiger partial charge in [0.1, 0.15) is 0 Å². The largest absolute Gasteiger partial charge is 0.393 e. The molecule has 0 rings (SSSR count). The lowest BCUT2D eigenvalue weighted by molar-refractivity contribution is 0.147. The topological polar surface area (TPSA) is 74.6 Å². The maximum absolute atomic E-state index is 11.5. The number of rotatable bonds is 16. The number of aliphatic hydroxyl groups excluding tert-OH is 1. The van der Waals surface area contributed by atoms with Gasteiger partial charge in [-0.1, -0.05) is 78.1 Å². The molecule has 0 aromatic carbocycles. The van der Waals surface area contributed by atoms with Gasteiger partial charge in [-0.2, -0.15) is 8.42 Å². The second-order valence-electron chi connectivity index (χ2n) is 6.77. The van der Waals surface area contributed by atoms with Gasteiger partial charge in [-0.3, -0.25) is 4.55 Å². The van der Waals surface area contributed by atoms with Crippen molar-refractivity contribution in [2.24, 2.45) is 0 Å². The molecular formula is C18H38O4S. The van der Waals surface area contributed by atoms with Gasteiger partial charge in [-0.25, -0.2) is 0 Å². The summed E-state index contributed by atoms with van der Waals surface area (Å²) in [6, 6.07) is 0. The van der Waals surface area contributed by atoms with E-state index in [1.165, 1.54) is 12.8 Å². The molecule has 0 aromatic heterocycles. The maximum atomic E-state index is 11.5. The Hall–Kier alpha value is -0.130. The predicted octanol–water partition coefficient (Wildman–Crippen LogP) is 5.10. The van der Waals surface area contributed by atoms with Gasteiger partial charge in [0.25, 0.3) is 10.1 Å². The minimum absolute atomic E-state index is 0.264. The second kappa shape index (κ2) is 14.2. The van der Waals surface area contributed by atoms with E-state index >= 15 is 0 Å². The summed E-state index contributed by atoms with van der Waals surface area (Å²) < 4.78 is 32.3. The van der Waals surface area contributed by atoms with E-state index in [-0.39, 0.29) is 6.10 Å². The van der Waals surface area contributed by atoms with Gasteiger partial charge in [0, 0.05) is 0 Å². The number of hydrogen-bond donors (Lipinski definition) is 2. The molecule has 0 aliphatic heterocycles. The molecule has 0 saturated carbocycles. The third-order valence-electron chi connectivity index (χ3n) is 4.51. The highest BCUT2D eigenvalue weighted by atomic mass is 32.2. The van der Waals surface area contributed by atoms with Gasteiger partial charge in [0.15, 0.2) is 0 Å². The third-order valence-corrected chi connectivity index (χ3v) is 5.82. The Bertz CT molecular complexity index is 354. The van der Waals surface area contributed by atoms with Gasteiger partial charge >= 0.3 is 0 Å². The molecule has 0 radical (unpaired) electrons. The van der Waals surface area contributed by atoms with E-state index in [2.05, 4.69) is 13.8 Å². The fraction of sp³-hybridized carbons (Fsp3) is 1.00. The highest BCUT2D eigenvalue weighted by molar-refractivity contribution is 7.86. The number of unbranched alkanes of at least 4 members (excludes halogenated alkanes) is 7. The zero-order chi connectivity index (χ0) is 17.6. The van der Waals surface area contributed by atoms with Crippen LogP contribution in [-0.2, 0) is 10.1 Å². The van der Waals surface area contributed by atoms with Crippen LogP contribution in [0.3, 0.4) is 0 Å². The fourth-order valence-electron chi connectivity index (χ4n) is 2.94. The van der Waals surface area contributed by atoms with E-state index in [0.717, 1.165) is 64.2 Å². The molecule has 140 valence electrons. The molecule has 0 aliphatic carbocycles. The first kappa shape index (κ1) is 22.9. The van der Waals surface area contributed by atoms with Crippen LogP contribution in [0, 0.1) is 0 Å². The molecule has 0 aliphatic rings. The third kappa shape index (κ3) is 14.0. The molecule has 0 aromatic rings. The van der Waals surface area contributed by atoms with Crippen LogP contribution in [0.5, 0.6) is 0 Å². The SMILES string of the molecule is CCCCCCCC(CCCCC(O)CCCCC)S(=O)(=O)O. The standard InChI is InChI=1S/C18H38O4S/c1-3-5-7-8-10-15-18(23(20,21)22)16-12-11-14-17(19)13-9-6-4-2/h17-19H,3-16H2,1-2H3,(H,20,21,22). The smallest absolute Gasteiger partial charge is 0.267 e. The van der Waals surface area contributed by atoms with Crippen LogP contribution >= 0.6 is 0 Å². The van der Waals surface area contributed by atoms with Crippen molar-refractivity contribution in [3.8, 4) is 0 Å². The molecule has 0 spiro atoms. The molecule has 0 heterocycles. The summed E-state index contributed by atoms with van der Waals surface area (Å²) in [6.07, 6.45) is 12.7. The van der Waals surface area contributed by atoms with E-state index in [4.69, 9.17) is 0 Å². The Morgan fingerprint density at radius 1 is 0.696 bits per heavy atom. The average Bonchev–Trinajstić information content (AvgIpc) is 2.48. The molecule has 0 bridgehead atoms. The van der Waals surface area contributed by atoms with Crippen LogP contribution in [0.1, 0.15) is 104 Å². The van der Waals surface area contributed by atoms with Gasteiger partial charge in [-0.05, 0) is 25.7 Å². The average molecular weight is 351 g/mol. The molecule has 5 heteroatoms. The van der Waals surface area contributed by atoms with Crippen LogP contribution < -0.4 is 0 Å². The van der Waals surface area contributed by atoms with Gasteiger partial charge < -0.3 is 5.11 Å². The summed E-state index contributed by atoms with van der Waals surface area (Å²) in [5.74, 6) is 0. The first-order valence-electron chi connectivity index (χ1n) is 9.56. The summed E-state index contributed by atoms with van der Waals surface area (Å²) in [6.45, 7) is 4.29. The monoisotopic (exact) mass is 350 g/mol. The Kier molecular flexibility index (Phi) is 14.2. The van der Waals surface area contributed by atoms with Gasteiger partial charge in [-0.15, -0.1) is 0 Å². The van der Waals surface area contributed by atoms with Crippen molar-refractivity contribution in [3.05, 3.63) is 0 Å². The lowest BCUT2D eigenvalue weighted by atomic mass is 10.0. The molecule has 23 heavy (non-hydrogen) atoms. The van der Waals surface area contributed by atoms with Crippen molar-refractivity contribution < 1.29 is 18.1 Å². The molecule has 4 nitrogen and oxygen atoms in total. The van der Waals surface area contributed by atoms with E-state index in [9.17, 15) is 18.1 Å². The molecule has 0 amide bonds. The molecule has 0 saturated heterocycles. The van der Waals surface area contributed by atoms with Crippen LogP contribution in [0.15, 0.2) is 0 Å². The van der Waals surface area contributed by atoms with Crippen LogP contribution in [0.25, 0.3) is 0 Å². The summed E-state index contributed by atoms with van der Waals surface area (Å²) in [5, 5.41) is 9.23. The fourth-order valence-corrected chi connectivity index (χ4v) is 3.87. The molecule has 2 N–H and O–H groups in total. The van der Waals surface area contributed by atoms with Crippen LogP contribution in [-0.4, -0.2) is 29.4 Å². The normalized spacial score (nSPS) is 14.8. The summed E-state index contributed by atoms with van der Waals surface area (Å²) in [5.41, 5.74) is 0. The van der Waals surface area contributed by atoms with E-state index < -0.39 is 15.4 Å². The Labute approximate surface area is 143 Å². The first-order chi connectivity index (χ1) is 10.9. The number of hydrogen-bond acceptors (Lipinski definition) is 3. The lowest BCUT2D eigenvalue weighted by Gasteiger charge is -2.15. The molecule has 0 fully saturated rings. The van der Waals surface area contributed by atoms with Crippen molar-refractivity contribution in [2.75, 3.05) is 0 Å². The van der Waals surface area contributed by atoms with Crippen molar-refractivity contribution >= 4 is 10.1 Å². The first-order valence-corrected chi connectivity index (χ1v) is 11.1. The highest BCUT2D eigenvalue weighted by Crippen LogP contribution is 2.19. The molecular weight excluding hydrogens is 312 g/mol. The Morgan fingerprint density at radius 3 is 1.61 bits per heavy atom. The minimum atomic E-state index is -3.94. The lowest BCUT2D eigenvalue weighted by Crippen LogP contribution is -2.20. The zero-order valence-corrected chi connectivity index (χ0v) is 16.0. The minimum Gasteiger partial charge on any atom is -0.393 e. The van der Waals surface area contributed by atoms with Crippen LogP contribution in [0.4, 0.5) is 0 Å². The van der Waals surface area contributed by atoms with Gasteiger partial charge in [0.2, 0.25) is 0 Å². The highest BCUT2D eigenvalue weighted by Gasteiger charge is 2.22. The van der Waals surface area contributed by atoms with E-state index in [0.29, 0.717) is 12.8 Å². The molecule has 2 atom stereocenters. The summed E-state index contributed by atoms with van der Waals surface area (Å²) in [4.78, 5) is 0. The quantitative estimate of drug-likeness (QED) is 0.300. The maximum Gasteiger partial charge on any atom is 0.267 e. The van der Waals surface area contributed by atoms with E-state index in [1.54, 1.807) is 0 Å². The Balaban J connectivity index is 3.89. The van der Waals surface area contributed by atoms with Crippen molar-refractivity contribution in [3.63, 3.8) is 0 Å². The van der Waals surface area contributed by atoms with Gasteiger partial charge in [0.05, 0.1) is 11.4 Å². The number of aliphatic hydroxyl groups is 1. The van der Waals surface area contributed by atoms with Crippen molar-refractivity contribution in [1.82, 2.24) is 0 Å².